The molecule has 0 saturated heterocycles. The first-order chi connectivity index (χ1) is 16.8. The molecular formula is C23H19F6N3O3S. The quantitative estimate of drug-likeness (QED) is 0.382. The summed E-state index contributed by atoms with van der Waals surface area (Å²) in [4.78, 5) is 13.7. The van der Waals surface area contributed by atoms with Gasteiger partial charge in [-0.3, -0.25) is 4.90 Å². The summed E-state index contributed by atoms with van der Waals surface area (Å²) in [6, 6.07) is 13.6. The molecule has 0 fully saturated rings. The van der Waals surface area contributed by atoms with E-state index in [4.69, 9.17) is 0 Å². The summed E-state index contributed by atoms with van der Waals surface area (Å²) in [5, 5.41) is 2.22. The second-order valence-corrected chi connectivity index (χ2v) is 9.19. The molecule has 0 atom stereocenters. The minimum Gasteiger partial charge on any atom is -0.308 e. The smallest absolute Gasteiger partial charge is 0.308 e. The number of benzene rings is 3. The molecule has 0 aliphatic carbocycles. The fourth-order valence-electron chi connectivity index (χ4n) is 3.14. The number of sulfonamides is 1. The summed E-state index contributed by atoms with van der Waals surface area (Å²) in [6.45, 7) is -0.832. The van der Waals surface area contributed by atoms with Crippen molar-refractivity contribution < 1.29 is 39.6 Å². The Balaban J connectivity index is 1.86. The third kappa shape index (κ3) is 6.98. The molecule has 2 amide bonds. The number of carbonyl (C=O) groups is 1. The number of nitrogens with zero attached hydrogens (tertiary/aromatic N) is 1. The number of carbonyl (C=O) groups excluding carboxylic acids is 1. The molecular weight excluding hydrogens is 512 g/mol. The largest absolute Gasteiger partial charge is 0.416 e. The summed E-state index contributed by atoms with van der Waals surface area (Å²) >= 11 is 0. The minimum absolute atomic E-state index is 0.0657. The number of halogens is 6. The normalized spacial score (nSPS) is 12.3. The van der Waals surface area contributed by atoms with Gasteiger partial charge < -0.3 is 5.32 Å². The van der Waals surface area contributed by atoms with E-state index in [1.165, 1.54) is 36.4 Å². The lowest BCUT2D eigenvalue weighted by molar-refractivity contribution is -0.138. The molecule has 0 aromatic heterocycles. The lowest BCUT2D eigenvalue weighted by Gasteiger charge is -2.24. The van der Waals surface area contributed by atoms with Gasteiger partial charge in [-0.05, 0) is 48.5 Å². The van der Waals surface area contributed by atoms with E-state index in [1.54, 1.807) is 6.07 Å². The summed E-state index contributed by atoms with van der Waals surface area (Å²) in [7, 11) is -3.99. The number of hydrogen-bond donors (Lipinski definition) is 2. The molecule has 0 unspecified atom stereocenters. The maximum atomic E-state index is 13.2. The van der Waals surface area contributed by atoms with Crippen molar-refractivity contribution >= 4 is 27.4 Å². The van der Waals surface area contributed by atoms with Gasteiger partial charge in [0.15, 0.2) is 0 Å². The summed E-state index contributed by atoms with van der Waals surface area (Å²) in [5.74, 6) is 0. The third-order valence-corrected chi connectivity index (χ3v) is 6.33. The van der Waals surface area contributed by atoms with Crippen LogP contribution in [0.2, 0.25) is 0 Å². The van der Waals surface area contributed by atoms with Crippen molar-refractivity contribution in [3.05, 3.63) is 90.0 Å². The minimum atomic E-state index is -4.73. The second kappa shape index (κ2) is 10.6. The maximum absolute atomic E-state index is 13.2. The van der Waals surface area contributed by atoms with Crippen LogP contribution in [0.3, 0.4) is 0 Å². The Hall–Kier alpha value is -3.58. The number of nitrogens with one attached hydrogen (secondary N) is 2. The molecule has 0 aliphatic rings. The standard InChI is InChI=1S/C23H19F6N3O3S/c24-22(25,26)16-6-4-8-18(14-16)31-21(33)32(19-9-5-7-17(15-19)23(27,28)29)13-12-30-36(34,35)20-10-2-1-3-11-20/h1-11,14-15,30H,12-13H2,(H,31,33). The molecule has 13 heteroatoms. The Morgan fingerprint density at radius 3 is 1.97 bits per heavy atom. The summed E-state index contributed by atoms with van der Waals surface area (Å²) in [6.07, 6.45) is -9.41. The Bertz CT molecular complexity index is 1310. The van der Waals surface area contributed by atoms with Crippen molar-refractivity contribution in [1.29, 1.82) is 0 Å². The number of rotatable bonds is 7. The molecule has 192 valence electrons. The van der Waals surface area contributed by atoms with Crippen molar-refractivity contribution in [2.45, 2.75) is 17.2 Å². The molecule has 3 aromatic carbocycles. The van der Waals surface area contributed by atoms with Gasteiger partial charge in [0, 0.05) is 24.5 Å². The number of urea groups is 1. The Kier molecular flexibility index (Phi) is 7.94. The van der Waals surface area contributed by atoms with Crippen LogP contribution in [0.4, 0.5) is 42.5 Å². The van der Waals surface area contributed by atoms with E-state index < -0.39 is 52.6 Å². The van der Waals surface area contributed by atoms with Crippen LogP contribution in [-0.4, -0.2) is 27.5 Å². The van der Waals surface area contributed by atoms with Gasteiger partial charge >= 0.3 is 18.4 Å². The van der Waals surface area contributed by atoms with Crippen molar-refractivity contribution in [3.63, 3.8) is 0 Å². The van der Waals surface area contributed by atoms with E-state index in [9.17, 15) is 39.6 Å². The van der Waals surface area contributed by atoms with E-state index >= 15 is 0 Å². The highest BCUT2D eigenvalue weighted by atomic mass is 32.2. The predicted molar refractivity (Wildman–Crippen MR) is 121 cm³/mol. The van der Waals surface area contributed by atoms with Crippen molar-refractivity contribution in [2.75, 3.05) is 23.3 Å². The summed E-state index contributed by atoms with van der Waals surface area (Å²) < 4.78 is 106. The number of hydrogen-bond acceptors (Lipinski definition) is 3. The van der Waals surface area contributed by atoms with Crippen LogP contribution in [0.15, 0.2) is 83.8 Å². The number of amides is 2. The van der Waals surface area contributed by atoms with Crippen LogP contribution in [0.1, 0.15) is 11.1 Å². The van der Waals surface area contributed by atoms with E-state index in [2.05, 4.69) is 10.0 Å². The Morgan fingerprint density at radius 1 is 0.778 bits per heavy atom. The van der Waals surface area contributed by atoms with Gasteiger partial charge in [0.05, 0.1) is 16.0 Å². The Labute approximate surface area is 202 Å². The van der Waals surface area contributed by atoms with E-state index in [-0.39, 0.29) is 16.3 Å². The maximum Gasteiger partial charge on any atom is 0.416 e. The molecule has 0 aliphatic heterocycles. The van der Waals surface area contributed by atoms with Gasteiger partial charge in [-0.2, -0.15) is 26.3 Å². The zero-order valence-electron chi connectivity index (χ0n) is 18.3. The zero-order valence-corrected chi connectivity index (χ0v) is 19.1. The molecule has 3 aromatic rings. The number of alkyl halides is 6. The average Bonchev–Trinajstić information content (AvgIpc) is 2.81. The van der Waals surface area contributed by atoms with Gasteiger partial charge in [0.25, 0.3) is 0 Å². The van der Waals surface area contributed by atoms with Gasteiger partial charge in [-0.25, -0.2) is 17.9 Å². The van der Waals surface area contributed by atoms with Crippen LogP contribution in [0.5, 0.6) is 0 Å². The lowest BCUT2D eigenvalue weighted by Crippen LogP contribution is -2.41. The van der Waals surface area contributed by atoms with Crippen LogP contribution in [-0.2, 0) is 22.4 Å². The topological polar surface area (TPSA) is 78.5 Å². The fourth-order valence-corrected chi connectivity index (χ4v) is 4.18. The van der Waals surface area contributed by atoms with E-state index in [0.717, 1.165) is 29.2 Å². The molecule has 0 bridgehead atoms. The highest BCUT2D eigenvalue weighted by Crippen LogP contribution is 2.33. The first-order valence-electron chi connectivity index (χ1n) is 10.3. The van der Waals surface area contributed by atoms with E-state index in [1.807, 2.05) is 0 Å². The molecule has 2 N–H and O–H groups in total. The molecule has 0 heterocycles. The lowest BCUT2D eigenvalue weighted by atomic mass is 10.1. The van der Waals surface area contributed by atoms with E-state index in [0.29, 0.717) is 12.1 Å². The first-order valence-corrected chi connectivity index (χ1v) is 11.7. The molecule has 0 saturated carbocycles. The van der Waals surface area contributed by atoms with Gasteiger partial charge in [0.1, 0.15) is 0 Å². The third-order valence-electron chi connectivity index (χ3n) is 4.85. The van der Waals surface area contributed by atoms with Crippen LogP contribution >= 0.6 is 0 Å². The Morgan fingerprint density at radius 2 is 1.36 bits per heavy atom. The van der Waals surface area contributed by atoms with Crippen molar-refractivity contribution in [3.8, 4) is 0 Å². The molecule has 0 radical (unpaired) electrons. The fraction of sp³-hybridized carbons (Fsp3) is 0.174. The highest BCUT2D eigenvalue weighted by Gasteiger charge is 2.32. The predicted octanol–water partition coefficient (Wildman–Crippen LogP) is 5.74. The van der Waals surface area contributed by atoms with Gasteiger partial charge in [0.2, 0.25) is 10.0 Å². The van der Waals surface area contributed by atoms with Crippen molar-refractivity contribution in [1.82, 2.24) is 4.72 Å². The SMILES string of the molecule is O=C(Nc1cccc(C(F)(F)F)c1)N(CCNS(=O)(=O)c1ccccc1)c1cccc(C(F)(F)F)c1. The van der Waals surface area contributed by atoms with Crippen LogP contribution in [0, 0.1) is 0 Å². The molecule has 0 spiro atoms. The second-order valence-electron chi connectivity index (χ2n) is 7.42. The van der Waals surface area contributed by atoms with Crippen LogP contribution in [0.25, 0.3) is 0 Å². The molecule has 3 rings (SSSR count). The molecule has 36 heavy (non-hydrogen) atoms. The van der Waals surface area contributed by atoms with Gasteiger partial charge in [-0.1, -0.05) is 30.3 Å². The first kappa shape index (κ1) is 27.0. The monoisotopic (exact) mass is 531 g/mol. The van der Waals surface area contributed by atoms with Gasteiger partial charge in [-0.15, -0.1) is 0 Å². The zero-order chi connectivity index (χ0) is 26.6. The summed E-state index contributed by atoms with van der Waals surface area (Å²) in [5.41, 5.74) is -2.60. The molecule has 6 nitrogen and oxygen atoms in total. The van der Waals surface area contributed by atoms with Crippen molar-refractivity contribution in [2.24, 2.45) is 0 Å². The highest BCUT2D eigenvalue weighted by molar-refractivity contribution is 7.89. The van der Waals surface area contributed by atoms with Crippen LogP contribution < -0.4 is 14.9 Å². The number of anilines is 2. The average molecular weight is 531 g/mol.